The lowest BCUT2D eigenvalue weighted by molar-refractivity contribution is -0.137. The highest BCUT2D eigenvalue weighted by molar-refractivity contribution is 5.83. The predicted molar refractivity (Wildman–Crippen MR) is 186 cm³/mol. The number of halogens is 5. The fourth-order valence-corrected chi connectivity index (χ4v) is 6.35. The Hall–Kier alpha value is -5.94. The van der Waals surface area contributed by atoms with Crippen molar-refractivity contribution in [3.8, 4) is 73.2 Å². The van der Waals surface area contributed by atoms with Gasteiger partial charge in [0.2, 0.25) is 0 Å². The molecule has 0 N–H and O–H groups in total. The molecule has 0 saturated heterocycles. The summed E-state index contributed by atoms with van der Waals surface area (Å²) in [4.78, 5) is 0. The molecule has 0 aliphatic carbocycles. The van der Waals surface area contributed by atoms with Gasteiger partial charge in [-0.05, 0) is 101 Å². The molecule has 0 atom stereocenters. The Morgan fingerprint density at radius 3 is 1.90 bits per heavy atom. The Balaban J connectivity index is 1.34. The van der Waals surface area contributed by atoms with E-state index in [4.69, 9.17) is 9.47 Å². The van der Waals surface area contributed by atoms with Gasteiger partial charge in [0, 0.05) is 22.3 Å². The minimum absolute atomic E-state index is 0.0135. The van der Waals surface area contributed by atoms with E-state index in [9.17, 15) is 22.8 Å². The minimum atomic E-state index is -4.55. The van der Waals surface area contributed by atoms with Crippen LogP contribution in [0, 0.1) is 36.8 Å². The maximum atomic E-state index is 15.9. The van der Waals surface area contributed by atoms with Crippen molar-refractivity contribution in [2.45, 2.75) is 20.0 Å². The topological polar surface area (TPSA) is 42.2 Å². The van der Waals surface area contributed by atoms with E-state index in [0.29, 0.717) is 56.0 Å². The van der Waals surface area contributed by atoms with Crippen LogP contribution >= 0.6 is 0 Å². The molecule has 6 rings (SSSR count). The molecule has 0 heterocycles. The third-order valence-corrected chi connectivity index (χ3v) is 8.77. The van der Waals surface area contributed by atoms with Crippen molar-refractivity contribution < 1.29 is 31.4 Å². The molecule has 6 aromatic rings. The van der Waals surface area contributed by atoms with Gasteiger partial charge in [-0.2, -0.15) is 18.4 Å². The van der Waals surface area contributed by atoms with Crippen LogP contribution in [0.15, 0.2) is 109 Å². The van der Waals surface area contributed by atoms with E-state index in [2.05, 4.69) is 6.07 Å². The summed E-state index contributed by atoms with van der Waals surface area (Å²) < 4.78 is 82.9. The number of benzene rings is 6. The summed E-state index contributed by atoms with van der Waals surface area (Å²) >= 11 is 0. The molecule has 50 heavy (non-hydrogen) atoms. The number of rotatable bonds is 7. The van der Waals surface area contributed by atoms with Gasteiger partial charge in [-0.15, -0.1) is 0 Å². The zero-order chi connectivity index (χ0) is 35.7. The highest BCUT2D eigenvalue weighted by Crippen LogP contribution is 2.42. The van der Waals surface area contributed by atoms with Gasteiger partial charge >= 0.3 is 6.18 Å². The van der Waals surface area contributed by atoms with Crippen LogP contribution in [0.1, 0.15) is 22.3 Å². The predicted octanol–water partition coefficient (Wildman–Crippen LogP) is 11.8. The summed E-state index contributed by atoms with van der Waals surface area (Å²) in [5.41, 5.74) is 5.53. The molecule has 0 bridgehead atoms. The number of hydrogen-bond donors (Lipinski definition) is 0. The SMILES string of the molecule is COc1ccc(C(F)(F)F)c(-c2ccc(-c3ccc(-c4cc(C)c(-c5ccc(-c6ccccc6F)c(C#N)c5)c(F)c4)cc3OC)c(C)c2)c1. The molecule has 0 fully saturated rings. The molecule has 0 aliphatic heterocycles. The average Bonchev–Trinajstić information content (AvgIpc) is 3.10. The van der Waals surface area contributed by atoms with Crippen molar-refractivity contribution in [2.75, 3.05) is 14.2 Å². The van der Waals surface area contributed by atoms with Gasteiger partial charge < -0.3 is 9.47 Å². The Morgan fingerprint density at radius 1 is 0.560 bits per heavy atom. The smallest absolute Gasteiger partial charge is 0.417 e. The number of hydrogen-bond acceptors (Lipinski definition) is 3. The van der Waals surface area contributed by atoms with E-state index in [0.717, 1.165) is 22.8 Å². The van der Waals surface area contributed by atoms with Crippen molar-refractivity contribution in [1.29, 1.82) is 5.26 Å². The Morgan fingerprint density at radius 2 is 1.24 bits per heavy atom. The quantitative estimate of drug-likeness (QED) is 0.158. The van der Waals surface area contributed by atoms with Crippen LogP contribution in [0.3, 0.4) is 0 Å². The lowest BCUT2D eigenvalue weighted by atomic mass is 9.90. The molecule has 3 nitrogen and oxygen atoms in total. The van der Waals surface area contributed by atoms with Crippen molar-refractivity contribution in [3.05, 3.63) is 143 Å². The molecule has 8 heteroatoms. The summed E-state index contributed by atoms with van der Waals surface area (Å²) in [6.45, 7) is 3.60. The van der Waals surface area contributed by atoms with Crippen LogP contribution in [0.2, 0.25) is 0 Å². The Kier molecular flexibility index (Phi) is 9.18. The zero-order valence-electron chi connectivity index (χ0n) is 27.5. The molecule has 0 saturated carbocycles. The number of nitriles is 1. The molecule has 0 unspecified atom stereocenters. The van der Waals surface area contributed by atoms with E-state index in [1.165, 1.54) is 38.5 Å². The lowest BCUT2D eigenvalue weighted by Gasteiger charge is -2.17. The molecule has 250 valence electrons. The molecule has 0 aliphatic rings. The number of ether oxygens (including phenoxy) is 2. The van der Waals surface area contributed by atoms with Crippen molar-refractivity contribution >= 4 is 0 Å². The van der Waals surface area contributed by atoms with Crippen molar-refractivity contribution in [1.82, 2.24) is 0 Å². The van der Waals surface area contributed by atoms with E-state index >= 15 is 4.39 Å². The molecule has 6 aromatic carbocycles. The molecule has 0 spiro atoms. The second kappa shape index (κ2) is 13.5. The first-order valence-corrected chi connectivity index (χ1v) is 15.6. The van der Waals surface area contributed by atoms with E-state index in [-0.39, 0.29) is 11.1 Å². The summed E-state index contributed by atoms with van der Waals surface area (Å²) in [6, 6.07) is 30.7. The van der Waals surface area contributed by atoms with Crippen molar-refractivity contribution in [2.24, 2.45) is 0 Å². The van der Waals surface area contributed by atoms with Gasteiger partial charge in [0.05, 0.1) is 31.4 Å². The van der Waals surface area contributed by atoms with E-state index < -0.39 is 23.4 Å². The van der Waals surface area contributed by atoms with Gasteiger partial charge in [0.25, 0.3) is 0 Å². The van der Waals surface area contributed by atoms with Crippen LogP contribution < -0.4 is 9.47 Å². The van der Waals surface area contributed by atoms with Crippen LogP contribution in [0.5, 0.6) is 11.5 Å². The van der Waals surface area contributed by atoms with Crippen molar-refractivity contribution in [3.63, 3.8) is 0 Å². The first-order chi connectivity index (χ1) is 23.9. The fourth-order valence-electron chi connectivity index (χ4n) is 6.35. The van der Waals surface area contributed by atoms with Crippen LogP contribution in [0.4, 0.5) is 22.0 Å². The van der Waals surface area contributed by atoms with E-state index in [1.807, 2.05) is 25.1 Å². The number of methoxy groups -OCH3 is 2. The van der Waals surface area contributed by atoms with Gasteiger partial charge in [-0.25, -0.2) is 8.78 Å². The fraction of sp³-hybridized carbons (Fsp3) is 0.119. The van der Waals surface area contributed by atoms with Crippen LogP contribution in [0.25, 0.3) is 55.6 Å². The molecule has 0 amide bonds. The van der Waals surface area contributed by atoms with Crippen LogP contribution in [-0.2, 0) is 6.18 Å². The number of nitrogens with zero attached hydrogens (tertiary/aromatic N) is 1. The number of alkyl halides is 3. The highest BCUT2D eigenvalue weighted by Gasteiger charge is 2.34. The summed E-state index contributed by atoms with van der Waals surface area (Å²) in [5, 5.41) is 9.85. The Bertz CT molecular complexity index is 2280. The monoisotopic (exact) mass is 675 g/mol. The minimum Gasteiger partial charge on any atom is -0.497 e. The van der Waals surface area contributed by atoms with Gasteiger partial charge in [0.1, 0.15) is 23.1 Å². The standard InChI is InChI=1S/C42H30F5NO2/c1-24-17-27(36-22-31(49-3)12-16-37(36)42(45,46)47)10-13-32(24)35-15-9-26(21-40(35)50-4)29-18-25(2)41(39(44)20-29)28-11-14-33(30(19-28)23-48)34-7-5-6-8-38(34)43/h5-22H,1-4H3. The number of aryl methyl sites for hydroxylation is 2. The molecular weight excluding hydrogens is 645 g/mol. The van der Waals surface area contributed by atoms with E-state index in [1.54, 1.807) is 67.6 Å². The summed E-state index contributed by atoms with van der Waals surface area (Å²) in [7, 11) is 2.92. The maximum absolute atomic E-state index is 15.9. The van der Waals surface area contributed by atoms with Gasteiger partial charge in [-0.1, -0.05) is 66.7 Å². The van der Waals surface area contributed by atoms with Crippen LogP contribution in [-0.4, -0.2) is 14.2 Å². The largest absolute Gasteiger partial charge is 0.497 e. The van der Waals surface area contributed by atoms with Gasteiger partial charge in [-0.3, -0.25) is 0 Å². The third-order valence-electron chi connectivity index (χ3n) is 8.77. The lowest BCUT2D eigenvalue weighted by Crippen LogP contribution is -2.07. The maximum Gasteiger partial charge on any atom is 0.417 e. The first kappa shape index (κ1) is 33.9. The molecule has 0 radical (unpaired) electrons. The molecular formula is C42H30F5NO2. The zero-order valence-corrected chi connectivity index (χ0v) is 27.5. The highest BCUT2D eigenvalue weighted by atomic mass is 19.4. The Labute approximate surface area is 286 Å². The first-order valence-electron chi connectivity index (χ1n) is 15.6. The summed E-state index contributed by atoms with van der Waals surface area (Å²) in [6.07, 6.45) is -4.55. The third kappa shape index (κ3) is 6.42. The average molecular weight is 676 g/mol. The normalized spacial score (nSPS) is 11.3. The second-order valence-corrected chi connectivity index (χ2v) is 11.9. The summed E-state index contributed by atoms with van der Waals surface area (Å²) in [5.74, 6) is -0.130. The van der Waals surface area contributed by atoms with Gasteiger partial charge in [0.15, 0.2) is 0 Å². The molecule has 0 aromatic heterocycles. The second-order valence-electron chi connectivity index (χ2n) is 11.9.